The van der Waals surface area contributed by atoms with Crippen molar-refractivity contribution in [2.24, 2.45) is 0 Å². The summed E-state index contributed by atoms with van der Waals surface area (Å²) in [6.45, 7) is 3.06. The summed E-state index contributed by atoms with van der Waals surface area (Å²) in [7, 11) is 3.95. The fraction of sp³-hybridized carbons (Fsp3) is 0.357. The van der Waals surface area contributed by atoms with E-state index in [9.17, 15) is 10.1 Å². The largest absolute Gasteiger partial charge is 0.491 e. The number of hydrogen-bond acceptors (Lipinski definition) is 5. The summed E-state index contributed by atoms with van der Waals surface area (Å²) in [6, 6.07) is 4.97. The molecular weight excluding hydrogens is 258 g/mol. The topological polar surface area (TPSA) is 68.5 Å². The number of fused-ring (bicyclic) bond motifs is 1. The second-order valence-electron chi connectivity index (χ2n) is 4.82. The van der Waals surface area contributed by atoms with Gasteiger partial charge < -0.3 is 9.64 Å². The van der Waals surface area contributed by atoms with Crippen LogP contribution in [0.5, 0.6) is 5.75 Å². The molecule has 0 aliphatic carbocycles. The molecule has 0 aliphatic rings. The molecule has 0 saturated carbocycles. The van der Waals surface area contributed by atoms with Gasteiger partial charge in [-0.3, -0.25) is 15.1 Å². The molecule has 106 valence electrons. The van der Waals surface area contributed by atoms with E-state index in [2.05, 4.69) is 4.98 Å². The van der Waals surface area contributed by atoms with Gasteiger partial charge in [0.15, 0.2) is 0 Å². The van der Waals surface area contributed by atoms with Gasteiger partial charge >= 0.3 is 0 Å². The molecule has 0 aliphatic heterocycles. The number of nitro benzene ring substituents is 1. The van der Waals surface area contributed by atoms with Crippen LogP contribution in [0.4, 0.5) is 5.69 Å². The van der Waals surface area contributed by atoms with Crippen molar-refractivity contribution in [3.63, 3.8) is 0 Å². The average Bonchev–Trinajstić information content (AvgIpc) is 2.39. The summed E-state index contributed by atoms with van der Waals surface area (Å²) >= 11 is 0. The van der Waals surface area contributed by atoms with Gasteiger partial charge in [-0.25, -0.2) is 0 Å². The Morgan fingerprint density at radius 1 is 1.35 bits per heavy atom. The van der Waals surface area contributed by atoms with Gasteiger partial charge in [0.25, 0.3) is 5.69 Å². The number of nitrogens with zero attached hydrogens (tertiary/aromatic N) is 3. The van der Waals surface area contributed by atoms with E-state index in [-0.39, 0.29) is 5.69 Å². The summed E-state index contributed by atoms with van der Waals surface area (Å²) in [6.07, 6.45) is 1.62. The van der Waals surface area contributed by atoms with Crippen LogP contribution in [0.2, 0.25) is 0 Å². The summed E-state index contributed by atoms with van der Waals surface area (Å²) in [5.41, 5.74) is 1.25. The van der Waals surface area contributed by atoms with E-state index in [4.69, 9.17) is 4.74 Å². The van der Waals surface area contributed by atoms with Crippen LogP contribution >= 0.6 is 0 Å². The van der Waals surface area contributed by atoms with E-state index in [1.165, 1.54) is 6.07 Å². The minimum absolute atomic E-state index is 0.0791. The molecule has 0 radical (unpaired) electrons. The smallest absolute Gasteiger partial charge is 0.274 e. The lowest BCUT2D eigenvalue weighted by Crippen LogP contribution is -2.19. The van der Waals surface area contributed by atoms with Gasteiger partial charge in [-0.1, -0.05) is 0 Å². The van der Waals surface area contributed by atoms with Gasteiger partial charge in [-0.15, -0.1) is 0 Å². The molecule has 1 aromatic carbocycles. The number of aromatic nitrogens is 1. The van der Waals surface area contributed by atoms with Crippen molar-refractivity contribution in [1.29, 1.82) is 0 Å². The summed E-state index contributed by atoms with van der Waals surface area (Å²) < 4.78 is 5.73. The van der Waals surface area contributed by atoms with Gasteiger partial charge in [0.05, 0.1) is 16.0 Å². The quantitative estimate of drug-likeness (QED) is 0.619. The van der Waals surface area contributed by atoms with Crippen molar-refractivity contribution >= 4 is 16.6 Å². The molecule has 1 heterocycles. The van der Waals surface area contributed by atoms with E-state index < -0.39 is 4.92 Å². The van der Waals surface area contributed by atoms with Crippen LogP contribution in [0.25, 0.3) is 10.9 Å². The highest BCUT2D eigenvalue weighted by molar-refractivity contribution is 5.89. The first-order valence-corrected chi connectivity index (χ1v) is 6.31. The molecule has 6 nitrogen and oxygen atoms in total. The molecule has 0 saturated heterocycles. The maximum atomic E-state index is 10.9. The molecule has 20 heavy (non-hydrogen) atoms. The third-order valence-electron chi connectivity index (χ3n) is 3.09. The molecular formula is C14H17N3O3. The van der Waals surface area contributed by atoms with Crippen LogP contribution in [0.15, 0.2) is 24.4 Å². The van der Waals surface area contributed by atoms with Crippen LogP contribution in [0.1, 0.15) is 5.56 Å². The van der Waals surface area contributed by atoms with Crippen molar-refractivity contribution in [3.05, 3.63) is 40.1 Å². The minimum atomic E-state index is -0.393. The fourth-order valence-corrected chi connectivity index (χ4v) is 1.99. The molecule has 0 bridgehead atoms. The van der Waals surface area contributed by atoms with Gasteiger partial charge in [-0.2, -0.15) is 0 Å². The molecule has 0 unspecified atom stereocenters. The van der Waals surface area contributed by atoms with Gasteiger partial charge in [-0.05, 0) is 33.2 Å². The van der Waals surface area contributed by atoms with E-state index in [1.54, 1.807) is 25.3 Å². The van der Waals surface area contributed by atoms with Gasteiger partial charge in [0.2, 0.25) is 0 Å². The van der Waals surface area contributed by atoms with Crippen LogP contribution < -0.4 is 4.74 Å². The molecule has 1 aromatic heterocycles. The molecule has 6 heteroatoms. The second kappa shape index (κ2) is 5.83. The highest BCUT2D eigenvalue weighted by atomic mass is 16.6. The van der Waals surface area contributed by atoms with Crippen molar-refractivity contribution in [2.75, 3.05) is 27.2 Å². The minimum Gasteiger partial charge on any atom is -0.491 e. The Labute approximate surface area is 117 Å². The molecule has 0 amide bonds. The van der Waals surface area contributed by atoms with Crippen molar-refractivity contribution in [3.8, 4) is 5.75 Å². The Hall–Kier alpha value is -2.21. The number of pyridine rings is 1. The number of benzene rings is 1. The standard InChI is InChI=1S/C14H17N3O3/c1-10-12(17(18)19)5-4-11-13(6-7-15-14(10)11)20-9-8-16(2)3/h4-7H,8-9H2,1-3H3. The lowest BCUT2D eigenvalue weighted by atomic mass is 10.1. The fourth-order valence-electron chi connectivity index (χ4n) is 1.99. The predicted octanol–water partition coefficient (Wildman–Crippen LogP) is 2.39. The lowest BCUT2D eigenvalue weighted by molar-refractivity contribution is -0.385. The van der Waals surface area contributed by atoms with E-state index in [1.807, 2.05) is 19.0 Å². The van der Waals surface area contributed by atoms with Crippen LogP contribution in [0, 0.1) is 17.0 Å². The monoisotopic (exact) mass is 275 g/mol. The first kappa shape index (κ1) is 14.2. The Morgan fingerprint density at radius 2 is 2.10 bits per heavy atom. The van der Waals surface area contributed by atoms with Crippen molar-refractivity contribution in [2.45, 2.75) is 6.92 Å². The number of hydrogen-bond donors (Lipinski definition) is 0. The average molecular weight is 275 g/mol. The second-order valence-corrected chi connectivity index (χ2v) is 4.82. The molecule has 2 rings (SSSR count). The highest BCUT2D eigenvalue weighted by Crippen LogP contribution is 2.30. The highest BCUT2D eigenvalue weighted by Gasteiger charge is 2.15. The third-order valence-corrected chi connectivity index (χ3v) is 3.09. The molecule has 0 N–H and O–H groups in total. The zero-order valence-corrected chi connectivity index (χ0v) is 11.8. The van der Waals surface area contributed by atoms with Crippen LogP contribution in [-0.2, 0) is 0 Å². The first-order chi connectivity index (χ1) is 9.50. The number of ether oxygens (including phenoxy) is 1. The van der Waals surface area contributed by atoms with Crippen molar-refractivity contribution in [1.82, 2.24) is 9.88 Å². The lowest BCUT2D eigenvalue weighted by Gasteiger charge is -2.13. The normalized spacial score (nSPS) is 11.0. The number of likely N-dealkylation sites (N-methyl/N-ethyl adjacent to an activating group) is 1. The van der Waals surface area contributed by atoms with Crippen LogP contribution in [0.3, 0.4) is 0 Å². The summed E-state index contributed by atoms with van der Waals surface area (Å²) in [4.78, 5) is 16.8. The van der Waals surface area contributed by atoms with Gasteiger partial charge in [0, 0.05) is 24.2 Å². The maximum Gasteiger partial charge on any atom is 0.274 e. The molecule has 0 atom stereocenters. The Kier molecular flexibility index (Phi) is 4.14. The number of aryl methyl sites for hydroxylation is 1. The van der Waals surface area contributed by atoms with E-state index in [0.29, 0.717) is 23.4 Å². The van der Waals surface area contributed by atoms with Gasteiger partial charge in [0.1, 0.15) is 12.4 Å². The van der Waals surface area contributed by atoms with E-state index >= 15 is 0 Å². The van der Waals surface area contributed by atoms with Crippen molar-refractivity contribution < 1.29 is 9.66 Å². The SMILES string of the molecule is Cc1c([N+](=O)[O-])ccc2c(OCCN(C)C)ccnc12. The molecule has 0 spiro atoms. The third kappa shape index (κ3) is 2.85. The van der Waals surface area contributed by atoms with E-state index in [0.717, 1.165) is 11.9 Å². The summed E-state index contributed by atoms with van der Waals surface area (Å²) in [5, 5.41) is 11.7. The first-order valence-electron chi connectivity index (χ1n) is 6.31. The Balaban J connectivity index is 2.38. The Morgan fingerprint density at radius 3 is 2.75 bits per heavy atom. The molecule has 0 fully saturated rings. The zero-order chi connectivity index (χ0) is 14.7. The predicted molar refractivity (Wildman–Crippen MR) is 77.2 cm³/mol. The number of rotatable bonds is 5. The van der Waals surface area contributed by atoms with Crippen LogP contribution in [-0.4, -0.2) is 42.1 Å². The molecule has 2 aromatic rings. The zero-order valence-electron chi connectivity index (χ0n) is 11.8. The summed E-state index contributed by atoms with van der Waals surface area (Å²) in [5.74, 6) is 0.704. The number of nitro groups is 1. The Bertz CT molecular complexity index is 641. The maximum absolute atomic E-state index is 10.9.